The van der Waals surface area contributed by atoms with Crippen molar-refractivity contribution in [2.24, 2.45) is 5.41 Å². The zero-order valence-corrected chi connectivity index (χ0v) is 11.2. The van der Waals surface area contributed by atoms with Gasteiger partial charge in [-0.2, -0.15) is 0 Å². The van der Waals surface area contributed by atoms with Gasteiger partial charge in [-0.25, -0.2) is 0 Å². The van der Waals surface area contributed by atoms with Crippen LogP contribution in [0.2, 0.25) is 0 Å². The average Bonchev–Trinajstić information content (AvgIpc) is 2.19. The molecule has 0 nitrogen and oxygen atoms in total. The molecule has 1 rings (SSSR count). The van der Waals surface area contributed by atoms with Crippen molar-refractivity contribution >= 4 is 15.9 Å². The molecule has 0 N–H and O–H groups in total. The van der Waals surface area contributed by atoms with Gasteiger partial charge < -0.3 is 0 Å². The number of hydrogen-bond acceptors (Lipinski definition) is 0. The molecule has 1 aliphatic rings. The van der Waals surface area contributed by atoms with E-state index in [0.717, 1.165) is 0 Å². The topological polar surface area (TPSA) is 0 Å². The van der Waals surface area contributed by atoms with Gasteiger partial charge in [-0.1, -0.05) is 47.0 Å². The summed E-state index contributed by atoms with van der Waals surface area (Å²) in [6, 6.07) is 0. The normalized spacial score (nSPS) is 32.3. The molecule has 14 heavy (non-hydrogen) atoms. The van der Waals surface area contributed by atoms with E-state index in [9.17, 15) is 0 Å². The van der Waals surface area contributed by atoms with Gasteiger partial charge in [0.15, 0.2) is 0 Å². The van der Waals surface area contributed by atoms with Crippen LogP contribution in [0.4, 0.5) is 0 Å². The summed E-state index contributed by atoms with van der Waals surface area (Å²) in [5.41, 5.74) is 3.64. The second-order valence-corrected chi connectivity index (χ2v) is 4.98. The Balaban J connectivity index is 2.83. The number of halogens is 1. The van der Waals surface area contributed by atoms with Crippen LogP contribution in [0.3, 0.4) is 0 Å². The second kappa shape index (κ2) is 5.16. The maximum Gasteiger partial charge on any atom is -0.00791 e. The van der Waals surface area contributed by atoms with Crippen molar-refractivity contribution in [1.82, 2.24) is 0 Å². The zero-order valence-electron chi connectivity index (χ0n) is 9.57. The molecule has 0 unspecified atom stereocenters. The van der Waals surface area contributed by atoms with Crippen molar-refractivity contribution in [2.75, 3.05) is 0 Å². The molecule has 0 heterocycles. The van der Waals surface area contributed by atoms with Gasteiger partial charge in [-0.15, -0.1) is 0 Å². The van der Waals surface area contributed by atoms with Gasteiger partial charge >= 0.3 is 0 Å². The van der Waals surface area contributed by atoms with Gasteiger partial charge in [0.1, 0.15) is 0 Å². The third-order valence-corrected chi connectivity index (χ3v) is 4.15. The summed E-state index contributed by atoms with van der Waals surface area (Å²) in [6.45, 7) is 6.87. The quantitative estimate of drug-likeness (QED) is 0.596. The second-order valence-electron chi connectivity index (χ2n) is 4.53. The lowest BCUT2D eigenvalue weighted by atomic mass is 9.68. The minimum absolute atomic E-state index is 0.432. The van der Waals surface area contributed by atoms with E-state index >= 15 is 0 Å². The molecule has 0 aliphatic heterocycles. The van der Waals surface area contributed by atoms with Crippen LogP contribution in [0.25, 0.3) is 0 Å². The fraction of sp³-hybridized carbons (Fsp3) is 0.692. The Morgan fingerprint density at radius 1 is 1.57 bits per heavy atom. The number of hydrogen-bond donors (Lipinski definition) is 0. The van der Waals surface area contributed by atoms with Crippen molar-refractivity contribution in [3.8, 4) is 0 Å². The smallest absolute Gasteiger partial charge is 0.00791 e. The van der Waals surface area contributed by atoms with Crippen LogP contribution < -0.4 is 0 Å². The summed E-state index contributed by atoms with van der Waals surface area (Å²) < 4.78 is 0. The fourth-order valence-corrected chi connectivity index (χ4v) is 3.12. The molecule has 1 atom stereocenters. The van der Waals surface area contributed by atoms with Gasteiger partial charge in [-0.05, 0) is 49.4 Å². The van der Waals surface area contributed by atoms with E-state index in [0.29, 0.717) is 5.41 Å². The standard InChI is InChI=1S/C13H21Br/c1-4-12(5-2)13(3)8-6-7-11(9-13)10-14/h4,10H,5-9H2,1-3H3/b11-10+,12-4+/t13-/m0/s1. The van der Waals surface area contributed by atoms with E-state index in [1.54, 1.807) is 11.1 Å². The van der Waals surface area contributed by atoms with Crippen molar-refractivity contribution in [1.29, 1.82) is 0 Å². The summed E-state index contributed by atoms with van der Waals surface area (Å²) in [4.78, 5) is 2.13. The van der Waals surface area contributed by atoms with Crippen LogP contribution in [0.15, 0.2) is 22.2 Å². The highest BCUT2D eigenvalue weighted by atomic mass is 79.9. The minimum Gasteiger partial charge on any atom is -0.0879 e. The van der Waals surface area contributed by atoms with Gasteiger partial charge in [0.25, 0.3) is 0 Å². The zero-order chi connectivity index (χ0) is 10.6. The Morgan fingerprint density at radius 3 is 2.79 bits per heavy atom. The molecule has 0 aromatic rings. The fourth-order valence-electron chi connectivity index (χ4n) is 2.73. The molecule has 0 aromatic heterocycles. The first-order chi connectivity index (χ1) is 6.66. The molecule has 1 heteroatoms. The molecule has 80 valence electrons. The minimum atomic E-state index is 0.432. The third-order valence-electron chi connectivity index (χ3n) is 3.50. The SMILES string of the molecule is C/C=C(\CC)[C@@]1(C)CCC/C(=C\Br)C1. The molecule has 1 fully saturated rings. The van der Waals surface area contributed by atoms with E-state index in [-0.39, 0.29) is 0 Å². The van der Waals surface area contributed by atoms with E-state index in [4.69, 9.17) is 0 Å². The van der Waals surface area contributed by atoms with Gasteiger partial charge in [0.2, 0.25) is 0 Å². The van der Waals surface area contributed by atoms with E-state index in [1.165, 1.54) is 32.1 Å². The number of rotatable bonds is 2. The molecule has 0 aromatic carbocycles. The highest BCUT2D eigenvalue weighted by molar-refractivity contribution is 9.11. The maximum atomic E-state index is 3.47. The Morgan fingerprint density at radius 2 is 2.29 bits per heavy atom. The molecular formula is C13H21Br. The Hall–Kier alpha value is -0.0400. The molecule has 0 bridgehead atoms. The average molecular weight is 257 g/mol. The van der Waals surface area contributed by atoms with E-state index in [1.807, 2.05) is 0 Å². The molecule has 0 spiro atoms. The van der Waals surface area contributed by atoms with Crippen LogP contribution in [0.5, 0.6) is 0 Å². The van der Waals surface area contributed by atoms with Gasteiger partial charge in [0.05, 0.1) is 0 Å². The molecule has 0 radical (unpaired) electrons. The maximum absolute atomic E-state index is 3.47. The first-order valence-electron chi connectivity index (χ1n) is 5.60. The van der Waals surface area contributed by atoms with Gasteiger partial charge in [-0.3, -0.25) is 0 Å². The van der Waals surface area contributed by atoms with Crippen LogP contribution >= 0.6 is 15.9 Å². The summed E-state index contributed by atoms with van der Waals surface area (Å²) in [5, 5.41) is 0. The lowest BCUT2D eigenvalue weighted by molar-refractivity contribution is 0.307. The largest absolute Gasteiger partial charge is 0.0879 e. The van der Waals surface area contributed by atoms with Crippen LogP contribution in [0, 0.1) is 5.41 Å². The summed E-state index contributed by atoms with van der Waals surface area (Å²) in [7, 11) is 0. The first-order valence-corrected chi connectivity index (χ1v) is 6.51. The monoisotopic (exact) mass is 256 g/mol. The molecule has 1 saturated carbocycles. The van der Waals surface area contributed by atoms with Crippen molar-refractivity contribution in [3.05, 3.63) is 22.2 Å². The van der Waals surface area contributed by atoms with E-state index in [2.05, 4.69) is 47.8 Å². The first kappa shape index (κ1) is 12.0. The molecule has 0 saturated heterocycles. The summed E-state index contributed by atoms with van der Waals surface area (Å²) >= 11 is 3.47. The highest BCUT2D eigenvalue weighted by Gasteiger charge is 2.31. The Bertz CT molecular complexity index is 250. The number of allylic oxidation sites excluding steroid dienone is 3. The third kappa shape index (κ3) is 2.50. The predicted molar refractivity (Wildman–Crippen MR) is 67.6 cm³/mol. The van der Waals surface area contributed by atoms with Crippen molar-refractivity contribution < 1.29 is 0 Å². The van der Waals surface area contributed by atoms with Crippen LogP contribution in [-0.2, 0) is 0 Å². The summed E-state index contributed by atoms with van der Waals surface area (Å²) in [5.74, 6) is 0. The Labute approximate surface area is 96.6 Å². The van der Waals surface area contributed by atoms with Gasteiger partial charge in [0, 0.05) is 0 Å². The summed E-state index contributed by atoms with van der Waals surface area (Å²) in [6.07, 6.45) is 8.73. The van der Waals surface area contributed by atoms with Crippen molar-refractivity contribution in [3.63, 3.8) is 0 Å². The van der Waals surface area contributed by atoms with Crippen molar-refractivity contribution in [2.45, 2.75) is 52.9 Å². The predicted octanol–water partition coefficient (Wildman–Crippen LogP) is 5.20. The molecular weight excluding hydrogens is 236 g/mol. The van der Waals surface area contributed by atoms with E-state index < -0.39 is 0 Å². The lowest BCUT2D eigenvalue weighted by Gasteiger charge is -2.37. The molecule has 0 amide bonds. The van der Waals surface area contributed by atoms with Crippen LogP contribution in [-0.4, -0.2) is 0 Å². The Kier molecular flexibility index (Phi) is 4.43. The molecule has 1 aliphatic carbocycles. The van der Waals surface area contributed by atoms with Crippen LogP contribution in [0.1, 0.15) is 52.9 Å². The highest BCUT2D eigenvalue weighted by Crippen LogP contribution is 2.45. The lowest BCUT2D eigenvalue weighted by Crippen LogP contribution is -2.23.